The molecule has 2 aromatic carbocycles. The lowest BCUT2D eigenvalue weighted by Gasteiger charge is -2.13. The van der Waals surface area contributed by atoms with E-state index in [4.69, 9.17) is 14.2 Å². The van der Waals surface area contributed by atoms with Gasteiger partial charge in [0.25, 0.3) is 5.91 Å². The predicted molar refractivity (Wildman–Crippen MR) is 111 cm³/mol. The highest BCUT2D eigenvalue weighted by Gasteiger charge is 2.21. The van der Waals surface area contributed by atoms with Crippen molar-refractivity contribution in [3.05, 3.63) is 59.5 Å². The number of nitrogens with zero attached hydrogens (tertiary/aromatic N) is 1. The Kier molecular flexibility index (Phi) is 6.46. The third kappa shape index (κ3) is 5.11. The monoisotopic (exact) mass is 412 g/mol. The molecule has 0 aliphatic carbocycles. The van der Waals surface area contributed by atoms with Crippen LogP contribution in [0.5, 0.6) is 11.5 Å². The molecule has 8 heteroatoms. The standard InChI is InChI=1S/C21H20N2O5S/c1-13(28-20(25)15-9-16(26-2)11-17(10-15)27-3)19(24)23-21-22-18(12-29-21)14-7-5-4-6-8-14/h4-13H,1-3H3,(H,22,23,24). The first-order valence-electron chi connectivity index (χ1n) is 8.76. The van der Waals surface area contributed by atoms with Crippen molar-refractivity contribution in [1.82, 2.24) is 4.98 Å². The van der Waals surface area contributed by atoms with E-state index in [9.17, 15) is 9.59 Å². The summed E-state index contributed by atoms with van der Waals surface area (Å²) in [6.45, 7) is 1.50. The highest BCUT2D eigenvalue weighted by Crippen LogP contribution is 2.25. The SMILES string of the molecule is COc1cc(OC)cc(C(=O)OC(C)C(=O)Nc2nc(-c3ccccc3)cs2)c1. The molecule has 0 fully saturated rings. The summed E-state index contributed by atoms with van der Waals surface area (Å²) >= 11 is 1.30. The second-order valence-corrected chi connectivity index (χ2v) is 6.90. The van der Waals surface area contributed by atoms with Gasteiger partial charge in [0.2, 0.25) is 0 Å². The number of hydrogen-bond acceptors (Lipinski definition) is 7. The average Bonchev–Trinajstić information content (AvgIpc) is 3.22. The summed E-state index contributed by atoms with van der Waals surface area (Å²) in [5.74, 6) is -0.231. The van der Waals surface area contributed by atoms with E-state index in [0.717, 1.165) is 11.3 Å². The number of carbonyl (C=O) groups excluding carboxylic acids is 2. The molecule has 1 atom stereocenters. The van der Waals surface area contributed by atoms with Crippen LogP contribution in [-0.4, -0.2) is 37.2 Å². The Balaban J connectivity index is 1.64. The zero-order chi connectivity index (χ0) is 20.8. The summed E-state index contributed by atoms with van der Waals surface area (Å²) in [5, 5.41) is 4.96. The summed E-state index contributed by atoms with van der Waals surface area (Å²) in [5.41, 5.74) is 1.94. The van der Waals surface area contributed by atoms with Gasteiger partial charge in [-0.3, -0.25) is 10.1 Å². The zero-order valence-electron chi connectivity index (χ0n) is 16.2. The number of anilines is 1. The summed E-state index contributed by atoms with van der Waals surface area (Å²) in [4.78, 5) is 29.2. The molecule has 0 radical (unpaired) electrons. The van der Waals surface area contributed by atoms with Gasteiger partial charge in [-0.15, -0.1) is 11.3 Å². The number of methoxy groups -OCH3 is 2. The lowest BCUT2D eigenvalue weighted by molar-refractivity contribution is -0.123. The van der Waals surface area contributed by atoms with Crippen LogP contribution in [0.4, 0.5) is 5.13 Å². The minimum atomic E-state index is -1.01. The number of amides is 1. The quantitative estimate of drug-likeness (QED) is 0.590. The number of aromatic nitrogens is 1. The molecule has 1 N–H and O–H groups in total. The summed E-state index contributed by atoms with van der Waals surface area (Å²) in [7, 11) is 2.97. The van der Waals surface area contributed by atoms with Crippen molar-refractivity contribution < 1.29 is 23.8 Å². The number of hydrogen-bond donors (Lipinski definition) is 1. The lowest BCUT2D eigenvalue weighted by Crippen LogP contribution is -2.30. The molecule has 29 heavy (non-hydrogen) atoms. The first-order valence-corrected chi connectivity index (χ1v) is 9.64. The van der Waals surface area contributed by atoms with E-state index >= 15 is 0 Å². The van der Waals surface area contributed by atoms with Gasteiger partial charge in [-0.1, -0.05) is 30.3 Å². The second kappa shape index (κ2) is 9.20. The van der Waals surface area contributed by atoms with Crippen LogP contribution < -0.4 is 14.8 Å². The molecule has 1 unspecified atom stereocenters. The van der Waals surface area contributed by atoms with Crippen LogP contribution in [-0.2, 0) is 9.53 Å². The van der Waals surface area contributed by atoms with Gasteiger partial charge in [0.05, 0.1) is 25.5 Å². The van der Waals surface area contributed by atoms with Crippen LogP contribution in [0.25, 0.3) is 11.3 Å². The van der Waals surface area contributed by atoms with Gasteiger partial charge in [-0.25, -0.2) is 9.78 Å². The van der Waals surface area contributed by atoms with Crippen molar-refractivity contribution in [2.45, 2.75) is 13.0 Å². The molecular formula is C21H20N2O5S. The van der Waals surface area contributed by atoms with E-state index in [2.05, 4.69) is 10.3 Å². The fourth-order valence-corrected chi connectivity index (χ4v) is 3.21. The number of rotatable bonds is 7. The summed E-state index contributed by atoms with van der Waals surface area (Å²) in [6, 6.07) is 14.3. The highest BCUT2D eigenvalue weighted by molar-refractivity contribution is 7.14. The molecule has 0 bridgehead atoms. The fraction of sp³-hybridized carbons (Fsp3) is 0.190. The minimum absolute atomic E-state index is 0.224. The molecule has 0 spiro atoms. The molecule has 1 aromatic heterocycles. The highest BCUT2D eigenvalue weighted by atomic mass is 32.1. The average molecular weight is 412 g/mol. The molecule has 0 saturated carbocycles. The summed E-state index contributed by atoms with van der Waals surface area (Å²) in [6.07, 6.45) is -1.01. The van der Waals surface area contributed by atoms with Crippen LogP contribution in [0.2, 0.25) is 0 Å². The number of benzene rings is 2. The van der Waals surface area contributed by atoms with Crippen LogP contribution >= 0.6 is 11.3 Å². The number of esters is 1. The van der Waals surface area contributed by atoms with Crippen molar-refractivity contribution in [3.63, 3.8) is 0 Å². The van der Waals surface area contributed by atoms with Gasteiger partial charge in [-0.05, 0) is 19.1 Å². The Hall–Kier alpha value is -3.39. The van der Waals surface area contributed by atoms with E-state index in [1.807, 2.05) is 35.7 Å². The third-order valence-electron chi connectivity index (χ3n) is 4.04. The maximum absolute atomic E-state index is 12.4. The Morgan fingerprint density at radius 2 is 1.69 bits per heavy atom. The van der Waals surface area contributed by atoms with Gasteiger partial charge >= 0.3 is 5.97 Å². The fourth-order valence-electron chi connectivity index (χ4n) is 2.49. The number of ether oxygens (including phenoxy) is 3. The first-order chi connectivity index (χ1) is 14.0. The molecule has 1 amide bonds. The molecule has 3 rings (SSSR count). The topological polar surface area (TPSA) is 86.8 Å². The van der Waals surface area contributed by atoms with Crippen LogP contribution in [0.3, 0.4) is 0 Å². The molecule has 150 valence electrons. The number of nitrogens with one attached hydrogen (secondary N) is 1. The van der Waals surface area contributed by atoms with Gasteiger partial charge < -0.3 is 14.2 Å². The maximum Gasteiger partial charge on any atom is 0.339 e. The van der Waals surface area contributed by atoms with Crippen molar-refractivity contribution in [2.24, 2.45) is 0 Å². The van der Waals surface area contributed by atoms with E-state index in [1.54, 1.807) is 6.07 Å². The molecule has 3 aromatic rings. The minimum Gasteiger partial charge on any atom is -0.497 e. The second-order valence-electron chi connectivity index (χ2n) is 6.04. The smallest absolute Gasteiger partial charge is 0.339 e. The van der Waals surface area contributed by atoms with E-state index < -0.39 is 18.0 Å². The van der Waals surface area contributed by atoms with Gasteiger partial charge in [0.1, 0.15) is 11.5 Å². The van der Waals surface area contributed by atoms with Crippen molar-refractivity contribution in [1.29, 1.82) is 0 Å². The molecule has 0 saturated heterocycles. The van der Waals surface area contributed by atoms with Crippen LogP contribution in [0, 0.1) is 0 Å². The van der Waals surface area contributed by atoms with E-state index in [-0.39, 0.29) is 5.56 Å². The zero-order valence-corrected chi connectivity index (χ0v) is 17.0. The predicted octanol–water partition coefficient (Wildman–Crippen LogP) is 4.01. The van der Waals surface area contributed by atoms with Crippen molar-refractivity contribution >= 4 is 28.3 Å². The Labute approximate surface area is 172 Å². The maximum atomic E-state index is 12.4. The third-order valence-corrected chi connectivity index (χ3v) is 4.80. The number of thiazole rings is 1. The summed E-state index contributed by atoms with van der Waals surface area (Å²) < 4.78 is 15.6. The normalized spacial score (nSPS) is 11.4. The molecule has 1 heterocycles. The lowest BCUT2D eigenvalue weighted by atomic mass is 10.2. The Morgan fingerprint density at radius 1 is 1.03 bits per heavy atom. The number of carbonyl (C=O) groups is 2. The van der Waals surface area contributed by atoms with E-state index in [1.165, 1.54) is 44.6 Å². The Bertz CT molecular complexity index is 981. The van der Waals surface area contributed by atoms with Crippen molar-refractivity contribution in [2.75, 3.05) is 19.5 Å². The Morgan fingerprint density at radius 3 is 2.31 bits per heavy atom. The van der Waals surface area contributed by atoms with Gasteiger partial charge in [-0.2, -0.15) is 0 Å². The van der Waals surface area contributed by atoms with E-state index in [0.29, 0.717) is 16.6 Å². The molecule has 0 aliphatic rings. The largest absolute Gasteiger partial charge is 0.497 e. The molecule has 7 nitrogen and oxygen atoms in total. The molecule has 0 aliphatic heterocycles. The molecular weight excluding hydrogens is 392 g/mol. The van der Waals surface area contributed by atoms with Gasteiger partial charge in [0, 0.05) is 17.0 Å². The first kappa shape index (κ1) is 20.3. The van der Waals surface area contributed by atoms with Gasteiger partial charge in [0.15, 0.2) is 11.2 Å². The van der Waals surface area contributed by atoms with Crippen LogP contribution in [0.15, 0.2) is 53.9 Å². The van der Waals surface area contributed by atoms with Crippen molar-refractivity contribution in [3.8, 4) is 22.8 Å². The van der Waals surface area contributed by atoms with Crippen LogP contribution in [0.1, 0.15) is 17.3 Å².